The molecule has 1 aliphatic rings. The Hall–Kier alpha value is -2.83. The molecule has 170 valence electrons. The van der Waals surface area contributed by atoms with Gasteiger partial charge in [0.05, 0.1) is 39.6 Å². The third kappa shape index (κ3) is 8.44. The molecular formula is C22H32N4O5. The molecule has 0 spiro atoms. The van der Waals surface area contributed by atoms with E-state index in [1.807, 2.05) is 44.2 Å². The number of benzene rings is 1. The van der Waals surface area contributed by atoms with Crippen molar-refractivity contribution in [3.8, 4) is 11.8 Å². The second kappa shape index (κ2) is 12.8. The van der Waals surface area contributed by atoms with Gasteiger partial charge in [0.1, 0.15) is 17.8 Å². The number of carbonyl (C=O) groups is 2. The highest BCUT2D eigenvalue weighted by molar-refractivity contribution is 5.87. The molecule has 2 rings (SSSR count). The minimum atomic E-state index is -0.826. The van der Waals surface area contributed by atoms with Crippen LogP contribution in [0.2, 0.25) is 0 Å². The third-order valence-electron chi connectivity index (χ3n) is 4.78. The summed E-state index contributed by atoms with van der Waals surface area (Å²) >= 11 is 0. The summed E-state index contributed by atoms with van der Waals surface area (Å²) in [6.45, 7) is 6.20. The van der Waals surface area contributed by atoms with E-state index in [-0.39, 0.29) is 25.2 Å². The van der Waals surface area contributed by atoms with Gasteiger partial charge >= 0.3 is 6.03 Å². The zero-order valence-electron chi connectivity index (χ0n) is 18.4. The zero-order valence-corrected chi connectivity index (χ0v) is 18.4. The predicted molar refractivity (Wildman–Crippen MR) is 114 cm³/mol. The van der Waals surface area contributed by atoms with Crippen molar-refractivity contribution < 1.29 is 23.8 Å². The van der Waals surface area contributed by atoms with E-state index in [1.54, 1.807) is 12.0 Å². The third-order valence-corrected chi connectivity index (χ3v) is 4.78. The van der Waals surface area contributed by atoms with E-state index >= 15 is 0 Å². The largest absolute Gasteiger partial charge is 0.497 e. The molecule has 1 aliphatic heterocycles. The van der Waals surface area contributed by atoms with Gasteiger partial charge in [-0.3, -0.25) is 4.79 Å². The van der Waals surface area contributed by atoms with Crippen molar-refractivity contribution in [1.29, 1.82) is 5.26 Å². The van der Waals surface area contributed by atoms with Crippen molar-refractivity contribution in [1.82, 2.24) is 15.5 Å². The number of methoxy groups -OCH3 is 1. The second-order valence-electron chi connectivity index (χ2n) is 7.79. The Morgan fingerprint density at radius 2 is 2.00 bits per heavy atom. The molecule has 1 fully saturated rings. The van der Waals surface area contributed by atoms with E-state index in [2.05, 4.69) is 10.6 Å². The van der Waals surface area contributed by atoms with Crippen LogP contribution in [-0.4, -0.2) is 68.9 Å². The quantitative estimate of drug-likeness (QED) is 0.582. The van der Waals surface area contributed by atoms with Crippen LogP contribution in [-0.2, 0) is 20.9 Å². The second-order valence-corrected chi connectivity index (χ2v) is 7.79. The molecule has 1 saturated heterocycles. The molecule has 0 aliphatic carbocycles. The van der Waals surface area contributed by atoms with E-state index in [0.29, 0.717) is 32.7 Å². The van der Waals surface area contributed by atoms with Gasteiger partial charge < -0.3 is 29.7 Å². The number of carbonyl (C=O) groups excluding carboxylic acids is 2. The summed E-state index contributed by atoms with van der Waals surface area (Å²) in [6.07, 6.45) is 0.463. The predicted octanol–water partition coefficient (Wildman–Crippen LogP) is 1.68. The molecule has 3 amide bonds. The average molecular weight is 433 g/mol. The number of rotatable bonds is 10. The minimum absolute atomic E-state index is 0.0330. The summed E-state index contributed by atoms with van der Waals surface area (Å²) in [6, 6.07) is 7.62. The number of amides is 3. The number of nitriles is 1. The number of ether oxygens (including phenoxy) is 3. The molecule has 9 nitrogen and oxygen atoms in total. The summed E-state index contributed by atoms with van der Waals surface area (Å²) in [5.74, 6) is 0.510. The topological polar surface area (TPSA) is 113 Å². The Balaban J connectivity index is 1.88. The van der Waals surface area contributed by atoms with Crippen LogP contribution in [0.4, 0.5) is 4.79 Å². The first-order valence-corrected chi connectivity index (χ1v) is 10.5. The summed E-state index contributed by atoms with van der Waals surface area (Å²) in [7, 11) is 1.59. The van der Waals surface area contributed by atoms with E-state index in [0.717, 1.165) is 11.3 Å². The number of nitrogens with zero attached hydrogens (tertiary/aromatic N) is 2. The average Bonchev–Trinajstić information content (AvgIpc) is 2.78. The van der Waals surface area contributed by atoms with Crippen molar-refractivity contribution in [2.24, 2.45) is 5.92 Å². The summed E-state index contributed by atoms with van der Waals surface area (Å²) in [4.78, 5) is 26.9. The van der Waals surface area contributed by atoms with Gasteiger partial charge in [-0.1, -0.05) is 26.0 Å². The summed E-state index contributed by atoms with van der Waals surface area (Å²) < 4.78 is 16.0. The van der Waals surface area contributed by atoms with Crippen molar-refractivity contribution >= 4 is 11.9 Å². The fraction of sp³-hybridized carbons (Fsp3) is 0.591. The highest BCUT2D eigenvalue weighted by atomic mass is 16.5. The Morgan fingerprint density at radius 3 is 2.65 bits per heavy atom. The van der Waals surface area contributed by atoms with Crippen LogP contribution in [0.15, 0.2) is 24.3 Å². The van der Waals surface area contributed by atoms with Crippen LogP contribution in [0.1, 0.15) is 25.8 Å². The van der Waals surface area contributed by atoms with Gasteiger partial charge in [-0.15, -0.1) is 0 Å². The SMILES string of the molecule is COc1cccc(COCC(C#N)NC(=O)C(CC(C)C)NC(=O)N2CCOCC2)c1. The molecule has 9 heteroatoms. The Labute approximate surface area is 183 Å². The lowest BCUT2D eigenvalue weighted by molar-refractivity contribution is -0.124. The molecule has 0 radical (unpaired) electrons. The lowest BCUT2D eigenvalue weighted by atomic mass is 10.0. The zero-order chi connectivity index (χ0) is 22.6. The molecule has 31 heavy (non-hydrogen) atoms. The number of nitrogens with one attached hydrogen (secondary N) is 2. The van der Waals surface area contributed by atoms with Crippen LogP contribution in [0.25, 0.3) is 0 Å². The first-order valence-electron chi connectivity index (χ1n) is 10.5. The Bertz CT molecular complexity index is 759. The smallest absolute Gasteiger partial charge is 0.318 e. The molecule has 1 aromatic rings. The Morgan fingerprint density at radius 1 is 1.26 bits per heavy atom. The summed E-state index contributed by atoms with van der Waals surface area (Å²) in [5.41, 5.74) is 0.901. The van der Waals surface area contributed by atoms with Crippen molar-refractivity contribution in [2.45, 2.75) is 39.0 Å². The van der Waals surface area contributed by atoms with Gasteiger partial charge in [0.25, 0.3) is 0 Å². The highest BCUT2D eigenvalue weighted by Crippen LogP contribution is 2.13. The molecule has 0 bridgehead atoms. The highest BCUT2D eigenvalue weighted by Gasteiger charge is 2.27. The number of hydrogen-bond donors (Lipinski definition) is 2. The van der Waals surface area contributed by atoms with Crippen LogP contribution < -0.4 is 15.4 Å². The van der Waals surface area contributed by atoms with Gasteiger partial charge in [0.15, 0.2) is 0 Å². The lowest BCUT2D eigenvalue weighted by Gasteiger charge is -2.29. The fourth-order valence-electron chi connectivity index (χ4n) is 3.15. The Kier molecular flexibility index (Phi) is 10.1. The van der Waals surface area contributed by atoms with Gasteiger partial charge in [-0.2, -0.15) is 5.26 Å². The molecule has 2 atom stereocenters. The molecule has 1 heterocycles. The standard InChI is InChI=1S/C22H32N4O5/c1-16(2)11-20(25-22(28)26-7-9-30-10-8-26)21(27)24-18(13-23)15-31-14-17-5-4-6-19(12-17)29-3/h4-6,12,16,18,20H,7-11,14-15H2,1-3H3,(H,24,27)(H,25,28). The maximum absolute atomic E-state index is 12.8. The normalized spacial score (nSPS) is 15.6. The van der Waals surface area contributed by atoms with Crippen LogP contribution in [0.3, 0.4) is 0 Å². The van der Waals surface area contributed by atoms with Gasteiger partial charge in [0, 0.05) is 13.1 Å². The number of hydrogen-bond acceptors (Lipinski definition) is 6. The number of morpholine rings is 1. The molecule has 0 aromatic heterocycles. The lowest BCUT2D eigenvalue weighted by Crippen LogP contribution is -2.55. The first kappa shape index (κ1) is 24.4. The first-order chi connectivity index (χ1) is 14.9. The maximum Gasteiger partial charge on any atom is 0.318 e. The van der Waals surface area contributed by atoms with Crippen molar-refractivity contribution in [3.63, 3.8) is 0 Å². The van der Waals surface area contributed by atoms with Crippen LogP contribution in [0.5, 0.6) is 5.75 Å². The van der Waals surface area contributed by atoms with Gasteiger partial charge in [0.2, 0.25) is 5.91 Å². The fourth-order valence-corrected chi connectivity index (χ4v) is 3.15. The molecule has 1 aromatic carbocycles. The maximum atomic E-state index is 12.8. The molecule has 2 N–H and O–H groups in total. The van der Waals surface area contributed by atoms with Crippen molar-refractivity contribution in [2.75, 3.05) is 40.0 Å². The number of urea groups is 1. The van der Waals surface area contributed by atoms with Crippen LogP contribution >= 0.6 is 0 Å². The molecular weight excluding hydrogens is 400 g/mol. The molecule has 2 unspecified atom stereocenters. The summed E-state index contributed by atoms with van der Waals surface area (Å²) in [5, 5.41) is 14.9. The van der Waals surface area contributed by atoms with Crippen molar-refractivity contribution in [3.05, 3.63) is 29.8 Å². The van der Waals surface area contributed by atoms with E-state index in [9.17, 15) is 14.9 Å². The van der Waals surface area contributed by atoms with E-state index < -0.39 is 18.0 Å². The van der Waals surface area contributed by atoms with E-state index in [1.165, 1.54) is 0 Å². The molecule has 0 saturated carbocycles. The van der Waals surface area contributed by atoms with Gasteiger partial charge in [-0.05, 0) is 30.0 Å². The van der Waals surface area contributed by atoms with E-state index in [4.69, 9.17) is 14.2 Å². The monoisotopic (exact) mass is 432 g/mol. The minimum Gasteiger partial charge on any atom is -0.497 e. The van der Waals surface area contributed by atoms with Gasteiger partial charge in [-0.25, -0.2) is 4.79 Å². The van der Waals surface area contributed by atoms with Crippen LogP contribution in [0, 0.1) is 17.2 Å².